The Balaban J connectivity index is 1.83. The van der Waals surface area contributed by atoms with Crippen LogP contribution < -0.4 is 10.6 Å². The molecule has 0 bridgehead atoms. The second kappa shape index (κ2) is 5.39. The first kappa shape index (κ1) is 13.9. The van der Waals surface area contributed by atoms with E-state index in [4.69, 9.17) is 4.42 Å². The van der Waals surface area contributed by atoms with Gasteiger partial charge < -0.3 is 15.1 Å². The summed E-state index contributed by atoms with van der Waals surface area (Å²) in [4.78, 5) is 9.19. The Bertz CT molecular complexity index is 646. The van der Waals surface area contributed by atoms with E-state index in [0.717, 1.165) is 29.0 Å². The van der Waals surface area contributed by atoms with Crippen LogP contribution in [-0.4, -0.2) is 17.0 Å². The topological polar surface area (TPSA) is 63.0 Å². The zero-order chi connectivity index (χ0) is 15.0. The quantitative estimate of drug-likeness (QED) is 0.875. The Morgan fingerprint density at radius 2 is 1.90 bits per heavy atom. The summed E-state index contributed by atoms with van der Waals surface area (Å²) in [5.74, 6) is 5.10. The molecule has 0 spiro atoms. The minimum absolute atomic E-state index is 0.147. The second-order valence-corrected chi connectivity index (χ2v) is 5.76. The Kier molecular flexibility index (Phi) is 3.57. The first-order chi connectivity index (χ1) is 10.1. The molecule has 0 aromatic carbocycles. The third kappa shape index (κ3) is 3.01. The molecule has 21 heavy (non-hydrogen) atoms. The van der Waals surface area contributed by atoms with Gasteiger partial charge in [-0.15, -0.1) is 0 Å². The summed E-state index contributed by atoms with van der Waals surface area (Å²) in [6, 6.07) is 4.17. The van der Waals surface area contributed by atoms with E-state index in [-0.39, 0.29) is 6.04 Å². The fourth-order valence-corrected chi connectivity index (χ4v) is 2.57. The van der Waals surface area contributed by atoms with Crippen LogP contribution in [-0.2, 0) is 0 Å². The van der Waals surface area contributed by atoms with Crippen molar-refractivity contribution in [1.29, 1.82) is 0 Å². The van der Waals surface area contributed by atoms with Crippen molar-refractivity contribution in [2.45, 2.75) is 45.6 Å². The summed E-state index contributed by atoms with van der Waals surface area (Å²) >= 11 is 0. The molecule has 2 N–H and O–H groups in total. The molecule has 5 heteroatoms. The Morgan fingerprint density at radius 3 is 2.48 bits per heavy atom. The number of aromatic nitrogens is 2. The van der Waals surface area contributed by atoms with E-state index in [9.17, 15) is 0 Å². The van der Waals surface area contributed by atoms with E-state index in [2.05, 4.69) is 33.6 Å². The summed E-state index contributed by atoms with van der Waals surface area (Å²) in [7, 11) is 1.88. The molecular weight excluding hydrogens is 264 g/mol. The van der Waals surface area contributed by atoms with Crippen LogP contribution in [0.15, 0.2) is 16.5 Å². The van der Waals surface area contributed by atoms with Crippen LogP contribution in [0.3, 0.4) is 0 Å². The predicted molar refractivity (Wildman–Crippen MR) is 83.8 cm³/mol. The van der Waals surface area contributed by atoms with Gasteiger partial charge in [-0.3, -0.25) is 0 Å². The number of anilines is 2. The van der Waals surface area contributed by atoms with Gasteiger partial charge in [0.1, 0.15) is 29.0 Å². The minimum atomic E-state index is 0.147. The molecule has 1 aliphatic carbocycles. The molecule has 2 heterocycles. The van der Waals surface area contributed by atoms with Crippen LogP contribution in [0.5, 0.6) is 0 Å². The molecule has 112 valence electrons. The largest absolute Gasteiger partial charge is 0.466 e. The van der Waals surface area contributed by atoms with E-state index in [1.54, 1.807) is 0 Å². The summed E-state index contributed by atoms with van der Waals surface area (Å²) < 4.78 is 5.61. The standard InChI is InChI=1S/C16H22N4O/c1-9-7-13(11(3)21-9)10(2)18-15-8-14(17-4)19-16(20-15)12-5-6-12/h7-8,10,12H,5-6H2,1-4H3,(H2,17,18,19,20). The molecule has 1 saturated carbocycles. The average Bonchev–Trinajstić information content (AvgIpc) is 3.23. The SMILES string of the molecule is CNc1cc(NC(C)c2cc(C)oc2C)nc(C2CC2)n1. The van der Waals surface area contributed by atoms with Crippen molar-refractivity contribution in [3.8, 4) is 0 Å². The fraction of sp³-hybridized carbons (Fsp3) is 0.500. The van der Waals surface area contributed by atoms with Gasteiger partial charge in [0.25, 0.3) is 0 Å². The molecule has 0 amide bonds. The van der Waals surface area contributed by atoms with Crippen molar-refractivity contribution in [2.24, 2.45) is 0 Å². The monoisotopic (exact) mass is 286 g/mol. The van der Waals surface area contributed by atoms with E-state index < -0.39 is 0 Å². The van der Waals surface area contributed by atoms with Crippen LogP contribution in [0.2, 0.25) is 0 Å². The van der Waals surface area contributed by atoms with Crippen LogP contribution >= 0.6 is 0 Å². The Labute approximate surface area is 125 Å². The van der Waals surface area contributed by atoms with Crippen LogP contribution in [0.1, 0.15) is 54.6 Å². The highest BCUT2D eigenvalue weighted by atomic mass is 16.3. The summed E-state index contributed by atoms with van der Waals surface area (Å²) in [5.41, 5.74) is 1.17. The molecule has 1 unspecified atom stereocenters. The molecule has 1 aliphatic rings. The first-order valence-electron chi connectivity index (χ1n) is 7.47. The zero-order valence-electron chi connectivity index (χ0n) is 13.0. The molecule has 5 nitrogen and oxygen atoms in total. The van der Waals surface area contributed by atoms with Gasteiger partial charge in [-0.2, -0.15) is 0 Å². The van der Waals surface area contributed by atoms with Crippen molar-refractivity contribution >= 4 is 11.6 Å². The van der Waals surface area contributed by atoms with Crippen molar-refractivity contribution in [3.05, 3.63) is 35.0 Å². The Morgan fingerprint density at radius 1 is 1.19 bits per heavy atom. The molecule has 3 rings (SSSR count). The molecular formula is C16H22N4O. The van der Waals surface area contributed by atoms with E-state index in [1.165, 1.54) is 18.4 Å². The van der Waals surface area contributed by atoms with Crippen molar-refractivity contribution in [1.82, 2.24) is 9.97 Å². The lowest BCUT2D eigenvalue weighted by Gasteiger charge is -2.15. The fourth-order valence-electron chi connectivity index (χ4n) is 2.57. The summed E-state index contributed by atoms with van der Waals surface area (Å²) in [6.07, 6.45) is 2.39. The maximum absolute atomic E-state index is 5.61. The highest BCUT2D eigenvalue weighted by Gasteiger charge is 2.27. The summed E-state index contributed by atoms with van der Waals surface area (Å²) in [6.45, 7) is 6.09. The van der Waals surface area contributed by atoms with Crippen LogP contribution in [0.25, 0.3) is 0 Å². The molecule has 0 aliphatic heterocycles. The molecule has 0 saturated heterocycles. The number of nitrogens with one attached hydrogen (secondary N) is 2. The lowest BCUT2D eigenvalue weighted by atomic mass is 10.1. The minimum Gasteiger partial charge on any atom is -0.466 e. The zero-order valence-corrected chi connectivity index (χ0v) is 13.0. The van der Waals surface area contributed by atoms with Gasteiger partial charge in [-0.1, -0.05) is 0 Å². The summed E-state index contributed by atoms with van der Waals surface area (Å²) in [5, 5.41) is 6.57. The number of nitrogens with zero attached hydrogens (tertiary/aromatic N) is 2. The maximum Gasteiger partial charge on any atom is 0.136 e. The van der Waals surface area contributed by atoms with Gasteiger partial charge in [-0.05, 0) is 39.7 Å². The number of rotatable bonds is 5. The van der Waals surface area contributed by atoms with E-state index in [0.29, 0.717) is 5.92 Å². The normalized spacial score (nSPS) is 15.8. The third-order valence-electron chi connectivity index (χ3n) is 3.85. The number of aryl methyl sites for hydroxylation is 2. The maximum atomic E-state index is 5.61. The van der Waals surface area contributed by atoms with E-state index >= 15 is 0 Å². The van der Waals surface area contributed by atoms with Gasteiger partial charge in [0.15, 0.2) is 0 Å². The lowest BCUT2D eigenvalue weighted by molar-refractivity contribution is 0.499. The van der Waals surface area contributed by atoms with Crippen LogP contribution in [0, 0.1) is 13.8 Å². The van der Waals surface area contributed by atoms with Gasteiger partial charge in [0.05, 0.1) is 6.04 Å². The van der Waals surface area contributed by atoms with Crippen LogP contribution in [0.4, 0.5) is 11.6 Å². The van der Waals surface area contributed by atoms with Gasteiger partial charge in [0.2, 0.25) is 0 Å². The number of hydrogen-bond donors (Lipinski definition) is 2. The highest BCUT2D eigenvalue weighted by Crippen LogP contribution is 2.39. The van der Waals surface area contributed by atoms with Crippen molar-refractivity contribution in [3.63, 3.8) is 0 Å². The molecule has 2 aromatic heterocycles. The van der Waals surface area contributed by atoms with Gasteiger partial charge in [-0.25, -0.2) is 9.97 Å². The predicted octanol–water partition coefficient (Wildman–Crippen LogP) is 3.78. The first-order valence-corrected chi connectivity index (χ1v) is 7.47. The molecule has 1 fully saturated rings. The smallest absolute Gasteiger partial charge is 0.136 e. The van der Waals surface area contributed by atoms with Crippen molar-refractivity contribution in [2.75, 3.05) is 17.7 Å². The third-order valence-corrected chi connectivity index (χ3v) is 3.85. The van der Waals surface area contributed by atoms with Crippen molar-refractivity contribution < 1.29 is 4.42 Å². The molecule has 2 aromatic rings. The Hall–Kier alpha value is -2.04. The lowest BCUT2D eigenvalue weighted by Crippen LogP contribution is -2.10. The second-order valence-electron chi connectivity index (χ2n) is 5.76. The number of hydrogen-bond acceptors (Lipinski definition) is 5. The van der Waals surface area contributed by atoms with Gasteiger partial charge >= 0.3 is 0 Å². The number of furan rings is 1. The van der Waals surface area contributed by atoms with E-state index in [1.807, 2.05) is 27.0 Å². The molecule has 0 radical (unpaired) electrons. The highest BCUT2D eigenvalue weighted by molar-refractivity contribution is 5.49. The van der Waals surface area contributed by atoms with Gasteiger partial charge in [0, 0.05) is 24.6 Å². The molecule has 1 atom stereocenters. The average molecular weight is 286 g/mol.